The van der Waals surface area contributed by atoms with Gasteiger partial charge in [-0.25, -0.2) is 0 Å². The van der Waals surface area contributed by atoms with Gasteiger partial charge in [0.05, 0.1) is 18.2 Å². The van der Waals surface area contributed by atoms with Crippen LogP contribution in [-0.4, -0.2) is 31.4 Å². The van der Waals surface area contributed by atoms with Crippen LogP contribution in [0.15, 0.2) is 18.2 Å². The number of ether oxygens (including phenoxy) is 1. The summed E-state index contributed by atoms with van der Waals surface area (Å²) in [6, 6.07) is 5.40. The summed E-state index contributed by atoms with van der Waals surface area (Å²) < 4.78 is 5.60. The van der Waals surface area contributed by atoms with Crippen molar-refractivity contribution in [3.8, 4) is 5.75 Å². The number of unbranched alkanes of at least 4 members (excludes halogenated alkanes) is 3. The van der Waals surface area contributed by atoms with Gasteiger partial charge >= 0.3 is 0 Å². The van der Waals surface area contributed by atoms with Gasteiger partial charge in [0.1, 0.15) is 10.8 Å². The summed E-state index contributed by atoms with van der Waals surface area (Å²) >= 11 is 11.9. The molecule has 1 rings (SSSR count). The lowest BCUT2D eigenvalue weighted by Crippen LogP contribution is -2.19. The minimum Gasteiger partial charge on any atom is -0.492 e. The maximum atomic E-state index is 8.59. The predicted octanol–water partition coefficient (Wildman–Crippen LogP) is 3.51. The van der Waals surface area contributed by atoms with Crippen molar-refractivity contribution in [1.82, 2.24) is 5.32 Å². The Morgan fingerprint density at radius 3 is 2.63 bits per heavy atom. The zero-order valence-electron chi connectivity index (χ0n) is 11.0. The van der Waals surface area contributed by atoms with Crippen LogP contribution in [0.4, 0.5) is 0 Å². The molecule has 0 saturated carbocycles. The number of aliphatic hydroxyl groups excluding tert-OH is 1. The van der Waals surface area contributed by atoms with E-state index in [9.17, 15) is 0 Å². The Morgan fingerprint density at radius 1 is 1.05 bits per heavy atom. The summed E-state index contributed by atoms with van der Waals surface area (Å²) in [6.45, 7) is 2.50. The second-order valence-electron chi connectivity index (χ2n) is 4.29. The van der Waals surface area contributed by atoms with E-state index in [1.807, 2.05) is 12.1 Å². The van der Waals surface area contributed by atoms with E-state index in [0.29, 0.717) is 28.9 Å². The highest BCUT2D eigenvalue weighted by Gasteiger charge is 2.04. The quantitative estimate of drug-likeness (QED) is 0.650. The summed E-state index contributed by atoms with van der Waals surface area (Å²) in [5, 5.41) is 12.7. The van der Waals surface area contributed by atoms with Gasteiger partial charge in [0.15, 0.2) is 0 Å². The molecular weight excluding hydrogens is 285 g/mol. The standard InChI is InChI=1S/C14H21Cl2NO2/c15-12-6-5-7-13(14(12)16)19-11-4-2-1-3-8-17-9-10-18/h5-7,17-18H,1-4,8-11H2. The second kappa shape index (κ2) is 10.3. The first-order valence-electron chi connectivity index (χ1n) is 6.64. The predicted molar refractivity (Wildman–Crippen MR) is 80.4 cm³/mol. The van der Waals surface area contributed by atoms with Crippen molar-refractivity contribution in [3.63, 3.8) is 0 Å². The molecule has 0 bridgehead atoms. The lowest BCUT2D eigenvalue weighted by molar-refractivity contribution is 0.290. The maximum absolute atomic E-state index is 8.59. The fraction of sp³-hybridized carbons (Fsp3) is 0.571. The SMILES string of the molecule is OCCNCCCCCCOc1cccc(Cl)c1Cl. The number of halogens is 2. The molecule has 0 spiro atoms. The van der Waals surface area contributed by atoms with Gasteiger partial charge in [-0.1, -0.05) is 42.1 Å². The van der Waals surface area contributed by atoms with Crippen molar-refractivity contribution in [2.24, 2.45) is 0 Å². The smallest absolute Gasteiger partial charge is 0.139 e. The average Bonchev–Trinajstić information content (AvgIpc) is 2.41. The third-order valence-corrected chi connectivity index (χ3v) is 3.51. The second-order valence-corrected chi connectivity index (χ2v) is 5.07. The summed E-state index contributed by atoms with van der Waals surface area (Å²) in [5.74, 6) is 0.652. The number of rotatable bonds is 10. The van der Waals surface area contributed by atoms with E-state index in [2.05, 4.69) is 5.32 Å². The van der Waals surface area contributed by atoms with Crippen LogP contribution in [0.3, 0.4) is 0 Å². The zero-order chi connectivity index (χ0) is 13.9. The first-order chi connectivity index (χ1) is 9.25. The number of aliphatic hydroxyl groups is 1. The Morgan fingerprint density at radius 2 is 1.84 bits per heavy atom. The molecule has 0 atom stereocenters. The monoisotopic (exact) mass is 305 g/mol. The van der Waals surface area contributed by atoms with E-state index >= 15 is 0 Å². The molecule has 0 fully saturated rings. The summed E-state index contributed by atoms with van der Waals surface area (Å²) in [5.41, 5.74) is 0. The Labute approximate surface area is 124 Å². The molecule has 108 valence electrons. The van der Waals surface area contributed by atoms with Crippen LogP contribution in [0.1, 0.15) is 25.7 Å². The molecule has 5 heteroatoms. The third-order valence-electron chi connectivity index (χ3n) is 2.71. The first-order valence-corrected chi connectivity index (χ1v) is 7.39. The van der Waals surface area contributed by atoms with Gasteiger partial charge in [0, 0.05) is 6.54 Å². The zero-order valence-corrected chi connectivity index (χ0v) is 12.5. The fourth-order valence-electron chi connectivity index (χ4n) is 1.69. The highest BCUT2D eigenvalue weighted by atomic mass is 35.5. The summed E-state index contributed by atoms with van der Waals surface area (Å²) in [4.78, 5) is 0. The van der Waals surface area contributed by atoms with Crippen LogP contribution in [0.25, 0.3) is 0 Å². The average molecular weight is 306 g/mol. The minimum absolute atomic E-state index is 0.203. The number of hydrogen-bond acceptors (Lipinski definition) is 3. The minimum atomic E-state index is 0.203. The Kier molecular flexibility index (Phi) is 9.01. The van der Waals surface area contributed by atoms with Gasteiger partial charge in [-0.3, -0.25) is 0 Å². The van der Waals surface area contributed by atoms with Crippen molar-refractivity contribution in [1.29, 1.82) is 0 Å². The van der Waals surface area contributed by atoms with E-state index in [0.717, 1.165) is 32.2 Å². The Bertz CT molecular complexity index is 361. The molecule has 3 nitrogen and oxygen atoms in total. The molecule has 0 unspecified atom stereocenters. The lowest BCUT2D eigenvalue weighted by atomic mass is 10.2. The van der Waals surface area contributed by atoms with Gasteiger partial charge in [-0.15, -0.1) is 0 Å². The van der Waals surface area contributed by atoms with Gasteiger partial charge in [0.2, 0.25) is 0 Å². The van der Waals surface area contributed by atoms with Gasteiger partial charge < -0.3 is 15.2 Å². The molecule has 1 aromatic carbocycles. The highest BCUT2D eigenvalue weighted by Crippen LogP contribution is 2.31. The lowest BCUT2D eigenvalue weighted by Gasteiger charge is -2.08. The molecule has 1 aromatic rings. The highest BCUT2D eigenvalue weighted by molar-refractivity contribution is 6.42. The summed E-state index contributed by atoms with van der Waals surface area (Å²) in [7, 11) is 0. The van der Waals surface area contributed by atoms with Crippen molar-refractivity contribution in [2.45, 2.75) is 25.7 Å². The fourth-order valence-corrected chi connectivity index (χ4v) is 2.03. The number of nitrogens with one attached hydrogen (secondary N) is 1. The van der Waals surface area contributed by atoms with E-state index in [1.165, 1.54) is 0 Å². The number of hydrogen-bond donors (Lipinski definition) is 2. The van der Waals surface area contributed by atoms with Crippen LogP contribution in [0.5, 0.6) is 5.75 Å². The Balaban J connectivity index is 2.03. The van der Waals surface area contributed by atoms with E-state index in [4.69, 9.17) is 33.0 Å². The normalized spacial score (nSPS) is 10.7. The van der Waals surface area contributed by atoms with Gasteiger partial charge in [-0.2, -0.15) is 0 Å². The van der Waals surface area contributed by atoms with E-state index in [1.54, 1.807) is 6.07 Å². The molecule has 0 aliphatic heterocycles. The first kappa shape index (κ1) is 16.6. The van der Waals surface area contributed by atoms with Crippen LogP contribution in [-0.2, 0) is 0 Å². The van der Waals surface area contributed by atoms with E-state index in [-0.39, 0.29) is 6.61 Å². The third kappa shape index (κ3) is 7.02. The molecule has 0 aliphatic rings. The topological polar surface area (TPSA) is 41.5 Å². The largest absolute Gasteiger partial charge is 0.492 e. The molecule has 0 heterocycles. The molecule has 0 amide bonds. The van der Waals surface area contributed by atoms with Crippen LogP contribution in [0, 0.1) is 0 Å². The molecule has 0 aromatic heterocycles. The van der Waals surface area contributed by atoms with Crippen molar-refractivity contribution >= 4 is 23.2 Å². The van der Waals surface area contributed by atoms with Crippen molar-refractivity contribution in [2.75, 3.05) is 26.3 Å². The van der Waals surface area contributed by atoms with Crippen LogP contribution in [0.2, 0.25) is 10.0 Å². The van der Waals surface area contributed by atoms with Crippen LogP contribution < -0.4 is 10.1 Å². The maximum Gasteiger partial charge on any atom is 0.139 e. The Hall–Kier alpha value is -0.480. The molecule has 19 heavy (non-hydrogen) atoms. The van der Waals surface area contributed by atoms with Gasteiger partial charge in [0.25, 0.3) is 0 Å². The molecule has 0 radical (unpaired) electrons. The molecule has 0 saturated heterocycles. The van der Waals surface area contributed by atoms with Crippen molar-refractivity contribution in [3.05, 3.63) is 28.2 Å². The molecule has 2 N–H and O–H groups in total. The molecule has 0 aliphatic carbocycles. The van der Waals surface area contributed by atoms with E-state index < -0.39 is 0 Å². The van der Waals surface area contributed by atoms with Crippen molar-refractivity contribution < 1.29 is 9.84 Å². The molecular formula is C14H21Cl2NO2. The van der Waals surface area contributed by atoms with Crippen LogP contribution >= 0.6 is 23.2 Å². The number of benzene rings is 1. The summed E-state index contributed by atoms with van der Waals surface area (Å²) in [6.07, 6.45) is 4.41. The van der Waals surface area contributed by atoms with Gasteiger partial charge in [-0.05, 0) is 31.5 Å².